The van der Waals surface area contributed by atoms with E-state index in [4.69, 9.17) is 0 Å². The summed E-state index contributed by atoms with van der Waals surface area (Å²) < 4.78 is 0. The average molecular weight is 308 g/mol. The summed E-state index contributed by atoms with van der Waals surface area (Å²) in [6.45, 7) is 4.79. The molecule has 0 aliphatic carbocycles. The number of rotatable bonds is 1. The fraction of sp³-hybridized carbons (Fsp3) is 0.333. The van der Waals surface area contributed by atoms with Crippen LogP contribution in [0.25, 0.3) is 0 Å². The SMILES string of the molecule is CC.O=[C-]N=C1CCNc2cccnc21.[CH3-].[Y]. The first-order chi connectivity index (χ1) is 7.42. The molecule has 91 valence electrons. The second-order valence-electron chi connectivity index (χ2n) is 2.73. The third-order valence-corrected chi connectivity index (χ3v) is 1.94. The molecule has 1 aliphatic heterocycles. The van der Waals surface area contributed by atoms with Gasteiger partial charge in [-0.2, -0.15) is 0 Å². The first-order valence-corrected chi connectivity index (χ1v) is 5.05. The number of carbonyl (C=O) groups excluding carboxylic acids is 1. The van der Waals surface area contributed by atoms with Crippen molar-refractivity contribution in [2.75, 3.05) is 11.9 Å². The molecule has 0 spiro atoms. The zero-order valence-corrected chi connectivity index (χ0v) is 13.4. The standard InChI is InChI=1S/C9H8N3O.C2H6.CH3.Y/c13-6-12-8-3-5-10-7-2-1-4-11-9(7)8;1-2;;/h1-2,4,10H,3,5H2;1-2H3;1H3;/q-1;;-1;. The molecule has 1 N–H and O–H groups in total. The van der Waals surface area contributed by atoms with Crippen molar-refractivity contribution < 1.29 is 37.5 Å². The normalized spacial score (nSPS) is 13.9. The van der Waals surface area contributed by atoms with Crippen molar-refractivity contribution in [2.45, 2.75) is 20.3 Å². The van der Waals surface area contributed by atoms with Gasteiger partial charge < -0.3 is 22.5 Å². The van der Waals surface area contributed by atoms with E-state index in [1.54, 1.807) is 12.6 Å². The molecule has 1 aromatic heterocycles. The van der Waals surface area contributed by atoms with Gasteiger partial charge in [-0.3, -0.25) is 4.98 Å². The Labute approximate surface area is 128 Å². The Balaban J connectivity index is 0. The second-order valence-corrected chi connectivity index (χ2v) is 2.73. The summed E-state index contributed by atoms with van der Waals surface area (Å²) in [5.41, 5.74) is 2.41. The molecule has 0 atom stereocenters. The zero-order valence-electron chi connectivity index (χ0n) is 10.5. The Morgan fingerprint density at radius 2 is 2.18 bits per heavy atom. The van der Waals surface area contributed by atoms with E-state index in [2.05, 4.69) is 15.3 Å². The molecule has 0 unspecified atom stereocenters. The third kappa shape index (κ3) is 5.05. The predicted molar refractivity (Wildman–Crippen MR) is 67.3 cm³/mol. The molecular weight excluding hydrogens is 291 g/mol. The van der Waals surface area contributed by atoms with E-state index in [1.165, 1.54) is 0 Å². The maximum atomic E-state index is 10.1. The summed E-state index contributed by atoms with van der Waals surface area (Å²) in [7, 11) is 0. The number of amides is 1. The molecule has 0 saturated heterocycles. The molecule has 1 amide bonds. The van der Waals surface area contributed by atoms with Gasteiger partial charge in [-0.25, -0.2) is 0 Å². The Morgan fingerprint density at radius 1 is 1.47 bits per heavy atom. The number of aliphatic imine (C=N–C) groups is 1. The molecule has 2 heterocycles. The largest absolute Gasteiger partial charge is 0.414 e. The summed E-state index contributed by atoms with van der Waals surface area (Å²) in [6.07, 6.45) is 3.96. The number of fused-ring (bicyclic) bond motifs is 1. The fourth-order valence-corrected chi connectivity index (χ4v) is 1.38. The van der Waals surface area contributed by atoms with Gasteiger partial charge in [-0.15, -0.1) is 0 Å². The first-order valence-electron chi connectivity index (χ1n) is 5.05. The number of anilines is 1. The van der Waals surface area contributed by atoms with Crippen LogP contribution in [0.1, 0.15) is 26.0 Å². The van der Waals surface area contributed by atoms with Crippen molar-refractivity contribution in [3.63, 3.8) is 0 Å². The van der Waals surface area contributed by atoms with E-state index in [9.17, 15) is 4.79 Å². The smallest absolute Gasteiger partial charge is 0.0897 e. The van der Waals surface area contributed by atoms with Crippen LogP contribution in [0.3, 0.4) is 0 Å². The minimum atomic E-state index is 0. The monoisotopic (exact) mass is 308 g/mol. The van der Waals surface area contributed by atoms with Crippen LogP contribution in [0.15, 0.2) is 23.3 Å². The van der Waals surface area contributed by atoms with Gasteiger partial charge in [0.05, 0.1) is 6.41 Å². The Hall–Kier alpha value is -0.606. The van der Waals surface area contributed by atoms with E-state index >= 15 is 0 Å². The van der Waals surface area contributed by atoms with Gasteiger partial charge in [0.25, 0.3) is 0 Å². The van der Waals surface area contributed by atoms with Crippen molar-refractivity contribution >= 4 is 17.8 Å². The quantitative estimate of drug-likeness (QED) is 0.810. The summed E-state index contributed by atoms with van der Waals surface area (Å²) >= 11 is 0. The molecule has 5 heteroatoms. The van der Waals surface area contributed by atoms with Crippen LogP contribution >= 0.6 is 0 Å². The predicted octanol–water partition coefficient (Wildman–Crippen LogP) is 2.23. The van der Waals surface area contributed by atoms with Gasteiger partial charge in [0.2, 0.25) is 0 Å². The Bertz CT molecular complexity index is 367. The maximum absolute atomic E-state index is 10.1. The molecule has 4 nitrogen and oxygen atoms in total. The minimum Gasteiger partial charge on any atom is -0.414 e. The van der Waals surface area contributed by atoms with Gasteiger partial charge in [0.1, 0.15) is 0 Å². The molecule has 1 aromatic rings. The molecule has 17 heavy (non-hydrogen) atoms. The van der Waals surface area contributed by atoms with Gasteiger partial charge in [-0.1, -0.05) is 26.0 Å². The molecule has 2 rings (SSSR count). The second kappa shape index (κ2) is 10.5. The maximum Gasteiger partial charge on any atom is 0.0897 e. The fourth-order valence-electron chi connectivity index (χ4n) is 1.38. The molecule has 0 saturated carbocycles. The van der Waals surface area contributed by atoms with Crippen molar-refractivity contribution in [3.05, 3.63) is 31.5 Å². The molecule has 0 fully saturated rings. The number of aromatic nitrogens is 1. The van der Waals surface area contributed by atoms with Crippen LogP contribution in [0, 0.1) is 7.43 Å². The van der Waals surface area contributed by atoms with Crippen molar-refractivity contribution in [1.82, 2.24) is 4.98 Å². The molecule has 0 bridgehead atoms. The van der Waals surface area contributed by atoms with Crippen molar-refractivity contribution in [2.24, 2.45) is 4.99 Å². The Kier molecular flexibility index (Phi) is 11.6. The van der Waals surface area contributed by atoms with E-state index in [-0.39, 0.29) is 40.1 Å². The summed E-state index contributed by atoms with van der Waals surface area (Å²) in [4.78, 5) is 17.9. The first kappa shape index (κ1) is 18.8. The summed E-state index contributed by atoms with van der Waals surface area (Å²) in [6, 6.07) is 3.77. The number of hydrogen-bond donors (Lipinski definition) is 1. The van der Waals surface area contributed by atoms with Crippen LogP contribution in [0.5, 0.6) is 0 Å². The average Bonchev–Trinajstić information content (AvgIpc) is 2.33. The van der Waals surface area contributed by atoms with Crippen molar-refractivity contribution in [3.8, 4) is 0 Å². The van der Waals surface area contributed by atoms with E-state index in [0.29, 0.717) is 5.71 Å². The van der Waals surface area contributed by atoms with Crippen molar-refractivity contribution in [1.29, 1.82) is 0 Å². The van der Waals surface area contributed by atoms with Crippen LogP contribution in [0.4, 0.5) is 5.69 Å². The number of nitrogens with zero attached hydrogens (tertiary/aromatic N) is 2. The molecule has 1 radical (unpaired) electrons. The topological polar surface area (TPSA) is 54.4 Å². The summed E-state index contributed by atoms with van der Waals surface area (Å²) in [5.74, 6) is 0. The van der Waals surface area contributed by atoms with Crippen LogP contribution in [-0.4, -0.2) is 23.7 Å². The van der Waals surface area contributed by atoms with Gasteiger partial charge in [-0.05, 0) is 12.1 Å². The van der Waals surface area contributed by atoms with E-state index in [0.717, 1.165) is 24.3 Å². The van der Waals surface area contributed by atoms with Crippen LogP contribution in [0.2, 0.25) is 0 Å². The molecule has 0 aromatic carbocycles. The Morgan fingerprint density at radius 3 is 2.82 bits per heavy atom. The van der Waals surface area contributed by atoms with Gasteiger partial charge in [0.15, 0.2) is 0 Å². The molecule has 1 aliphatic rings. The summed E-state index contributed by atoms with van der Waals surface area (Å²) in [5, 5.41) is 3.18. The van der Waals surface area contributed by atoms with Crippen LogP contribution in [-0.2, 0) is 37.5 Å². The van der Waals surface area contributed by atoms with E-state index < -0.39 is 0 Å². The molecular formula is C12H17N3OY-2. The number of nitrogens with one attached hydrogen (secondary N) is 1. The third-order valence-electron chi connectivity index (χ3n) is 1.94. The zero-order chi connectivity index (χ0) is 11.1. The minimum absolute atomic E-state index is 0. The van der Waals surface area contributed by atoms with Gasteiger partial charge >= 0.3 is 0 Å². The number of pyridine rings is 1. The van der Waals surface area contributed by atoms with Crippen LogP contribution < -0.4 is 5.32 Å². The number of hydrogen-bond acceptors (Lipinski definition) is 3. The van der Waals surface area contributed by atoms with Gasteiger partial charge in [0, 0.05) is 56.8 Å². The van der Waals surface area contributed by atoms with E-state index in [1.807, 2.05) is 26.0 Å².